The van der Waals surface area contributed by atoms with Gasteiger partial charge in [-0.2, -0.15) is 0 Å². The van der Waals surface area contributed by atoms with Crippen LogP contribution in [0.4, 0.5) is 0 Å². The number of fused-ring (bicyclic) bond motifs is 1. The van der Waals surface area contributed by atoms with Gasteiger partial charge in [0.15, 0.2) is 0 Å². The van der Waals surface area contributed by atoms with Gasteiger partial charge in [-0.25, -0.2) is 4.98 Å². The molecule has 30 heavy (non-hydrogen) atoms. The Morgan fingerprint density at radius 2 is 1.90 bits per heavy atom. The zero-order chi connectivity index (χ0) is 20.9. The van der Waals surface area contributed by atoms with Crippen LogP contribution < -0.4 is 15.6 Å². The summed E-state index contributed by atoms with van der Waals surface area (Å²) in [6, 6.07) is 8.91. The number of thiazole rings is 1. The van der Waals surface area contributed by atoms with Crippen molar-refractivity contribution in [2.75, 3.05) is 0 Å². The molecule has 8 heteroatoms. The van der Waals surface area contributed by atoms with Crippen LogP contribution in [-0.2, 0) is 19.4 Å². The van der Waals surface area contributed by atoms with Crippen molar-refractivity contribution in [1.82, 2.24) is 15.8 Å². The molecule has 0 saturated carbocycles. The maximum absolute atomic E-state index is 12.6. The van der Waals surface area contributed by atoms with E-state index in [1.165, 1.54) is 41.0 Å². The lowest BCUT2D eigenvalue weighted by atomic mass is 10.1. The molecule has 2 heterocycles. The van der Waals surface area contributed by atoms with Crippen molar-refractivity contribution in [2.24, 2.45) is 0 Å². The highest BCUT2D eigenvalue weighted by Gasteiger charge is 2.18. The minimum Gasteiger partial charge on any atom is -0.486 e. The van der Waals surface area contributed by atoms with E-state index in [0.29, 0.717) is 16.2 Å². The predicted octanol–water partition coefficient (Wildman–Crippen LogP) is 4.44. The summed E-state index contributed by atoms with van der Waals surface area (Å²) in [6.07, 6.45) is 5.63. The first-order chi connectivity index (χ1) is 14.6. The number of amides is 2. The zero-order valence-corrected chi connectivity index (χ0v) is 18.3. The summed E-state index contributed by atoms with van der Waals surface area (Å²) < 4.78 is 5.79. The van der Waals surface area contributed by atoms with Crippen LogP contribution in [0.1, 0.15) is 60.4 Å². The lowest BCUT2D eigenvalue weighted by Crippen LogP contribution is -2.41. The van der Waals surface area contributed by atoms with Crippen LogP contribution >= 0.6 is 22.7 Å². The molecule has 0 spiro atoms. The van der Waals surface area contributed by atoms with Crippen molar-refractivity contribution in [3.8, 4) is 5.75 Å². The Labute approximate surface area is 183 Å². The van der Waals surface area contributed by atoms with Gasteiger partial charge in [-0.3, -0.25) is 20.4 Å². The SMILES string of the molecule is Cc1nc(COc2ccccc2C(=O)NNC(=O)c2cc3c(s2)CCCCC3)cs1. The Morgan fingerprint density at radius 1 is 1.10 bits per heavy atom. The first-order valence-electron chi connectivity index (χ1n) is 9.95. The molecule has 6 nitrogen and oxygen atoms in total. The molecule has 0 fully saturated rings. The standard InChI is InChI=1S/C22H23N3O3S2/c1-14-23-16(13-29-14)12-28-18-9-6-5-8-17(18)21(26)24-25-22(27)20-11-15-7-3-2-4-10-19(15)30-20/h5-6,8-9,11,13H,2-4,7,10,12H2,1H3,(H,24,26)(H,25,27). The van der Waals surface area contributed by atoms with Crippen molar-refractivity contribution in [2.45, 2.75) is 45.6 Å². The Morgan fingerprint density at radius 3 is 2.73 bits per heavy atom. The van der Waals surface area contributed by atoms with E-state index in [2.05, 4.69) is 15.8 Å². The molecule has 2 aromatic heterocycles. The molecule has 0 radical (unpaired) electrons. The number of carbonyl (C=O) groups excluding carboxylic acids is 2. The van der Waals surface area contributed by atoms with Gasteiger partial charge in [0.2, 0.25) is 0 Å². The Hall–Kier alpha value is -2.71. The summed E-state index contributed by atoms with van der Waals surface area (Å²) >= 11 is 3.07. The number of carbonyl (C=O) groups is 2. The fourth-order valence-electron chi connectivity index (χ4n) is 3.43. The average molecular weight is 442 g/mol. The van der Waals surface area contributed by atoms with Crippen LogP contribution in [0.5, 0.6) is 5.75 Å². The third-order valence-electron chi connectivity index (χ3n) is 4.93. The van der Waals surface area contributed by atoms with Crippen LogP contribution in [0.25, 0.3) is 0 Å². The third kappa shape index (κ3) is 4.88. The highest BCUT2D eigenvalue weighted by molar-refractivity contribution is 7.14. The van der Waals surface area contributed by atoms with Crippen LogP contribution in [0, 0.1) is 6.92 Å². The van der Waals surface area contributed by atoms with E-state index in [1.54, 1.807) is 35.6 Å². The number of nitrogens with one attached hydrogen (secondary N) is 2. The van der Waals surface area contributed by atoms with Gasteiger partial charge in [0.05, 0.1) is 21.1 Å². The minimum atomic E-state index is -0.425. The second-order valence-corrected chi connectivity index (χ2v) is 9.37. The summed E-state index contributed by atoms with van der Waals surface area (Å²) in [5.74, 6) is -0.276. The molecule has 0 atom stereocenters. The second-order valence-electron chi connectivity index (χ2n) is 7.17. The van der Waals surface area contributed by atoms with Gasteiger partial charge in [0.25, 0.3) is 11.8 Å². The molecule has 0 aliphatic heterocycles. The molecule has 1 aromatic carbocycles. The molecule has 2 N–H and O–H groups in total. The van der Waals surface area contributed by atoms with E-state index in [-0.39, 0.29) is 12.5 Å². The van der Waals surface area contributed by atoms with E-state index in [9.17, 15) is 9.59 Å². The highest BCUT2D eigenvalue weighted by atomic mass is 32.1. The summed E-state index contributed by atoms with van der Waals surface area (Å²) in [6.45, 7) is 2.21. The number of aromatic nitrogens is 1. The molecule has 2 amide bonds. The number of hydrazine groups is 1. The maximum Gasteiger partial charge on any atom is 0.279 e. The summed E-state index contributed by atoms with van der Waals surface area (Å²) in [4.78, 5) is 31.5. The fraction of sp³-hybridized carbons (Fsp3) is 0.318. The monoisotopic (exact) mass is 441 g/mol. The first kappa shape index (κ1) is 20.6. The smallest absolute Gasteiger partial charge is 0.279 e. The molecular weight excluding hydrogens is 418 g/mol. The highest BCUT2D eigenvalue weighted by Crippen LogP contribution is 2.29. The minimum absolute atomic E-state index is 0.280. The van der Waals surface area contributed by atoms with Gasteiger partial charge in [0.1, 0.15) is 12.4 Å². The van der Waals surface area contributed by atoms with E-state index >= 15 is 0 Å². The van der Waals surface area contributed by atoms with E-state index in [4.69, 9.17) is 4.74 Å². The van der Waals surface area contributed by atoms with Gasteiger partial charge < -0.3 is 4.74 Å². The van der Waals surface area contributed by atoms with Crippen LogP contribution in [0.15, 0.2) is 35.7 Å². The summed E-state index contributed by atoms with van der Waals surface area (Å²) in [7, 11) is 0. The van der Waals surface area contributed by atoms with E-state index in [1.807, 2.05) is 18.4 Å². The van der Waals surface area contributed by atoms with Gasteiger partial charge in [-0.15, -0.1) is 22.7 Å². The van der Waals surface area contributed by atoms with Crippen molar-refractivity contribution in [3.63, 3.8) is 0 Å². The number of ether oxygens (including phenoxy) is 1. The first-order valence-corrected chi connectivity index (χ1v) is 11.6. The largest absolute Gasteiger partial charge is 0.486 e. The number of benzene rings is 1. The molecule has 156 valence electrons. The summed E-state index contributed by atoms with van der Waals surface area (Å²) in [5.41, 5.74) is 7.48. The van der Waals surface area contributed by atoms with Crippen molar-refractivity contribution in [1.29, 1.82) is 0 Å². The number of nitrogens with zero attached hydrogens (tertiary/aromatic N) is 1. The summed E-state index contributed by atoms with van der Waals surface area (Å²) in [5, 5.41) is 2.90. The lowest BCUT2D eigenvalue weighted by Gasteiger charge is -2.11. The van der Waals surface area contributed by atoms with Gasteiger partial charge in [-0.05, 0) is 56.4 Å². The molecule has 0 unspecified atom stereocenters. The van der Waals surface area contributed by atoms with Gasteiger partial charge >= 0.3 is 0 Å². The predicted molar refractivity (Wildman–Crippen MR) is 118 cm³/mol. The number of para-hydroxylation sites is 1. The molecule has 4 rings (SSSR count). The molecule has 1 aliphatic carbocycles. The number of aryl methyl sites for hydroxylation is 3. The molecular formula is C22H23N3O3S2. The Kier molecular flexibility index (Phi) is 6.44. The molecule has 3 aromatic rings. The third-order valence-corrected chi connectivity index (χ3v) is 6.99. The van der Waals surface area contributed by atoms with Crippen molar-refractivity contribution in [3.05, 3.63) is 67.3 Å². The number of hydrogen-bond donors (Lipinski definition) is 2. The van der Waals surface area contributed by atoms with Crippen molar-refractivity contribution < 1.29 is 14.3 Å². The van der Waals surface area contributed by atoms with E-state index < -0.39 is 5.91 Å². The second kappa shape index (κ2) is 9.40. The lowest BCUT2D eigenvalue weighted by molar-refractivity contribution is 0.0846. The number of thiophene rings is 1. The number of rotatable bonds is 5. The van der Waals surface area contributed by atoms with Gasteiger partial charge in [-0.1, -0.05) is 18.6 Å². The molecule has 0 saturated heterocycles. The van der Waals surface area contributed by atoms with Crippen molar-refractivity contribution >= 4 is 34.5 Å². The average Bonchev–Trinajstić information content (AvgIpc) is 3.30. The van der Waals surface area contributed by atoms with Crippen LogP contribution in [-0.4, -0.2) is 16.8 Å². The topological polar surface area (TPSA) is 80.3 Å². The Balaban J connectivity index is 1.37. The zero-order valence-electron chi connectivity index (χ0n) is 16.7. The number of hydrogen-bond acceptors (Lipinski definition) is 6. The van der Waals surface area contributed by atoms with Crippen LogP contribution in [0.3, 0.4) is 0 Å². The molecule has 1 aliphatic rings. The fourth-order valence-corrected chi connectivity index (χ4v) is 5.17. The van der Waals surface area contributed by atoms with E-state index in [0.717, 1.165) is 23.5 Å². The normalized spacial score (nSPS) is 13.2. The molecule has 0 bridgehead atoms. The Bertz CT molecular complexity index is 1030. The maximum atomic E-state index is 12.6. The van der Waals surface area contributed by atoms with Crippen LogP contribution in [0.2, 0.25) is 0 Å². The van der Waals surface area contributed by atoms with Gasteiger partial charge in [0, 0.05) is 10.3 Å². The quantitative estimate of drug-likeness (QED) is 0.453.